The van der Waals surface area contributed by atoms with E-state index in [1.165, 1.54) is 5.56 Å². The minimum Gasteiger partial charge on any atom is -0.326 e. The summed E-state index contributed by atoms with van der Waals surface area (Å²) in [5.74, 6) is 0.0318. The lowest BCUT2D eigenvalue weighted by Gasteiger charge is -2.06. The van der Waals surface area contributed by atoms with Gasteiger partial charge in [-0.1, -0.05) is 42.5 Å². The summed E-state index contributed by atoms with van der Waals surface area (Å²) in [4.78, 5) is 11.8. The minimum atomic E-state index is 0.0318. The van der Waals surface area contributed by atoms with Crippen molar-refractivity contribution in [3.8, 4) is 0 Å². The number of anilines is 1. The van der Waals surface area contributed by atoms with Crippen LogP contribution in [0.4, 0.5) is 5.69 Å². The van der Waals surface area contributed by atoms with Gasteiger partial charge in [-0.3, -0.25) is 4.79 Å². The second kappa shape index (κ2) is 6.71. The van der Waals surface area contributed by atoms with E-state index in [1.54, 1.807) is 0 Å². The molecule has 19 heavy (non-hydrogen) atoms. The van der Waals surface area contributed by atoms with Crippen molar-refractivity contribution in [2.75, 3.05) is 5.32 Å². The van der Waals surface area contributed by atoms with Crippen molar-refractivity contribution in [2.24, 2.45) is 5.73 Å². The van der Waals surface area contributed by atoms with Crippen molar-refractivity contribution in [1.29, 1.82) is 0 Å². The van der Waals surface area contributed by atoms with Crippen molar-refractivity contribution in [2.45, 2.75) is 19.4 Å². The lowest BCUT2D eigenvalue weighted by Crippen LogP contribution is -2.12. The molecule has 0 saturated heterocycles. The number of aryl methyl sites for hydroxylation is 1. The lowest BCUT2D eigenvalue weighted by molar-refractivity contribution is -0.116. The number of nitrogens with one attached hydrogen (secondary N) is 1. The Labute approximate surface area is 113 Å². The molecule has 0 saturated carbocycles. The van der Waals surface area contributed by atoms with E-state index in [0.717, 1.165) is 17.7 Å². The van der Waals surface area contributed by atoms with Gasteiger partial charge in [-0.15, -0.1) is 0 Å². The zero-order valence-electron chi connectivity index (χ0n) is 10.8. The number of hydrogen-bond acceptors (Lipinski definition) is 2. The predicted molar refractivity (Wildman–Crippen MR) is 77.7 cm³/mol. The summed E-state index contributed by atoms with van der Waals surface area (Å²) in [6, 6.07) is 17.6. The molecule has 98 valence electrons. The van der Waals surface area contributed by atoms with Crippen molar-refractivity contribution >= 4 is 11.6 Å². The Morgan fingerprint density at radius 1 is 0.947 bits per heavy atom. The topological polar surface area (TPSA) is 55.1 Å². The van der Waals surface area contributed by atoms with Crippen LogP contribution >= 0.6 is 0 Å². The average molecular weight is 254 g/mol. The Morgan fingerprint density at radius 2 is 1.63 bits per heavy atom. The number of rotatable bonds is 5. The maximum absolute atomic E-state index is 11.8. The van der Waals surface area contributed by atoms with Crippen LogP contribution in [0.5, 0.6) is 0 Å². The van der Waals surface area contributed by atoms with Gasteiger partial charge in [0.25, 0.3) is 0 Å². The molecule has 3 nitrogen and oxygen atoms in total. The highest BCUT2D eigenvalue weighted by molar-refractivity contribution is 5.90. The van der Waals surface area contributed by atoms with Gasteiger partial charge in [-0.2, -0.15) is 0 Å². The molecule has 2 aromatic carbocycles. The molecule has 0 atom stereocenters. The van der Waals surface area contributed by atoms with E-state index in [9.17, 15) is 4.79 Å². The fourth-order valence-corrected chi connectivity index (χ4v) is 1.85. The summed E-state index contributed by atoms with van der Waals surface area (Å²) in [6.45, 7) is 0.516. The van der Waals surface area contributed by atoms with Crippen LogP contribution in [0, 0.1) is 0 Å². The first-order chi connectivity index (χ1) is 9.28. The Morgan fingerprint density at radius 3 is 2.26 bits per heavy atom. The first-order valence-corrected chi connectivity index (χ1v) is 6.41. The van der Waals surface area contributed by atoms with Crippen molar-refractivity contribution < 1.29 is 4.79 Å². The molecule has 3 N–H and O–H groups in total. The summed E-state index contributed by atoms with van der Waals surface area (Å²) >= 11 is 0. The number of nitrogens with two attached hydrogens (primary N) is 1. The SMILES string of the molecule is NCc1ccc(NC(=O)CCc2ccccc2)cc1. The van der Waals surface area contributed by atoms with E-state index in [1.807, 2.05) is 54.6 Å². The van der Waals surface area contributed by atoms with Gasteiger partial charge in [0.1, 0.15) is 0 Å². The summed E-state index contributed by atoms with van der Waals surface area (Å²) in [5.41, 5.74) is 8.58. The van der Waals surface area contributed by atoms with Crippen LogP contribution in [-0.4, -0.2) is 5.91 Å². The molecular formula is C16H18N2O. The molecule has 0 aliphatic heterocycles. The smallest absolute Gasteiger partial charge is 0.224 e. The molecule has 0 bridgehead atoms. The number of carbonyl (C=O) groups excluding carboxylic acids is 1. The summed E-state index contributed by atoms with van der Waals surface area (Å²) in [5, 5.41) is 2.88. The van der Waals surface area contributed by atoms with Crippen LogP contribution in [0.3, 0.4) is 0 Å². The van der Waals surface area contributed by atoms with Crippen LogP contribution < -0.4 is 11.1 Å². The standard InChI is InChI=1S/C16H18N2O/c17-12-14-6-9-15(10-7-14)18-16(19)11-8-13-4-2-1-3-5-13/h1-7,9-10H,8,11-12,17H2,(H,18,19). The van der Waals surface area contributed by atoms with E-state index >= 15 is 0 Å². The Kier molecular flexibility index (Phi) is 4.70. The van der Waals surface area contributed by atoms with Crippen molar-refractivity contribution in [3.05, 3.63) is 65.7 Å². The molecule has 0 aliphatic carbocycles. The van der Waals surface area contributed by atoms with Gasteiger partial charge in [-0.05, 0) is 29.7 Å². The first-order valence-electron chi connectivity index (χ1n) is 6.41. The third kappa shape index (κ3) is 4.23. The van der Waals surface area contributed by atoms with Gasteiger partial charge in [0.05, 0.1) is 0 Å². The average Bonchev–Trinajstić information content (AvgIpc) is 2.47. The molecule has 0 heterocycles. The van der Waals surface area contributed by atoms with Crippen molar-refractivity contribution in [1.82, 2.24) is 0 Å². The lowest BCUT2D eigenvalue weighted by atomic mass is 10.1. The minimum absolute atomic E-state index is 0.0318. The Balaban J connectivity index is 1.83. The molecule has 0 radical (unpaired) electrons. The maximum atomic E-state index is 11.8. The van der Waals surface area contributed by atoms with Gasteiger partial charge < -0.3 is 11.1 Å². The molecule has 2 rings (SSSR count). The molecule has 0 unspecified atom stereocenters. The summed E-state index contributed by atoms with van der Waals surface area (Å²) in [6.07, 6.45) is 1.25. The summed E-state index contributed by atoms with van der Waals surface area (Å²) in [7, 11) is 0. The first kappa shape index (κ1) is 13.3. The highest BCUT2D eigenvalue weighted by atomic mass is 16.1. The number of benzene rings is 2. The van der Waals surface area contributed by atoms with Crippen LogP contribution in [0.15, 0.2) is 54.6 Å². The van der Waals surface area contributed by atoms with E-state index in [0.29, 0.717) is 13.0 Å². The molecule has 0 spiro atoms. The Bertz CT molecular complexity index is 520. The number of carbonyl (C=O) groups is 1. The quantitative estimate of drug-likeness (QED) is 0.862. The van der Waals surface area contributed by atoms with Gasteiger partial charge in [-0.25, -0.2) is 0 Å². The molecule has 0 fully saturated rings. The number of amides is 1. The molecule has 3 heteroatoms. The van der Waals surface area contributed by atoms with Crippen molar-refractivity contribution in [3.63, 3.8) is 0 Å². The monoisotopic (exact) mass is 254 g/mol. The van der Waals surface area contributed by atoms with Gasteiger partial charge >= 0.3 is 0 Å². The predicted octanol–water partition coefficient (Wildman–Crippen LogP) is 2.72. The van der Waals surface area contributed by atoms with Crippen LogP contribution in [0.2, 0.25) is 0 Å². The highest BCUT2D eigenvalue weighted by Gasteiger charge is 2.03. The second-order valence-corrected chi connectivity index (χ2v) is 4.43. The molecule has 1 amide bonds. The zero-order valence-corrected chi connectivity index (χ0v) is 10.8. The second-order valence-electron chi connectivity index (χ2n) is 4.43. The zero-order chi connectivity index (χ0) is 13.5. The number of hydrogen-bond donors (Lipinski definition) is 2. The summed E-state index contributed by atoms with van der Waals surface area (Å²) < 4.78 is 0. The van der Waals surface area contributed by atoms with Crippen LogP contribution in [0.25, 0.3) is 0 Å². The third-order valence-electron chi connectivity index (χ3n) is 2.96. The fourth-order valence-electron chi connectivity index (χ4n) is 1.85. The van der Waals surface area contributed by atoms with Gasteiger partial charge in [0.15, 0.2) is 0 Å². The van der Waals surface area contributed by atoms with E-state index in [2.05, 4.69) is 5.32 Å². The molecule has 2 aromatic rings. The highest BCUT2D eigenvalue weighted by Crippen LogP contribution is 2.10. The van der Waals surface area contributed by atoms with Crippen LogP contribution in [-0.2, 0) is 17.8 Å². The largest absolute Gasteiger partial charge is 0.326 e. The fraction of sp³-hybridized carbons (Fsp3) is 0.188. The Hall–Kier alpha value is -2.13. The van der Waals surface area contributed by atoms with Gasteiger partial charge in [0, 0.05) is 18.7 Å². The van der Waals surface area contributed by atoms with Crippen LogP contribution in [0.1, 0.15) is 17.5 Å². The molecular weight excluding hydrogens is 236 g/mol. The molecule has 0 aromatic heterocycles. The maximum Gasteiger partial charge on any atom is 0.224 e. The van der Waals surface area contributed by atoms with E-state index < -0.39 is 0 Å². The third-order valence-corrected chi connectivity index (χ3v) is 2.96. The van der Waals surface area contributed by atoms with Gasteiger partial charge in [0.2, 0.25) is 5.91 Å². The van der Waals surface area contributed by atoms with E-state index in [-0.39, 0.29) is 5.91 Å². The molecule has 0 aliphatic rings. The normalized spacial score (nSPS) is 10.2. The van der Waals surface area contributed by atoms with E-state index in [4.69, 9.17) is 5.73 Å².